The van der Waals surface area contributed by atoms with Gasteiger partial charge in [0, 0.05) is 18.8 Å². The van der Waals surface area contributed by atoms with Gasteiger partial charge in [0.1, 0.15) is 10.8 Å². The molecule has 1 aliphatic rings. The Labute approximate surface area is 111 Å². The number of pyridine rings is 1. The van der Waals surface area contributed by atoms with E-state index < -0.39 is 0 Å². The molecule has 0 aliphatic carbocycles. The van der Waals surface area contributed by atoms with E-state index in [9.17, 15) is 4.79 Å². The summed E-state index contributed by atoms with van der Waals surface area (Å²) in [5.41, 5.74) is 8.43. The number of carbonyl (C=O) groups excluding carboxylic acids is 1. The van der Waals surface area contributed by atoms with Gasteiger partial charge < -0.3 is 16.0 Å². The maximum atomic E-state index is 11.5. The average molecular weight is 264 g/mol. The molecule has 1 saturated heterocycles. The van der Waals surface area contributed by atoms with Gasteiger partial charge in [-0.3, -0.25) is 4.79 Å². The highest BCUT2D eigenvalue weighted by Gasteiger charge is 2.22. The van der Waals surface area contributed by atoms with Gasteiger partial charge in [-0.25, -0.2) is 4.98 Å². The molecule has 0 aromatic carbocycles. The summed E-state index contributed by atoms with van der Waals surface area (Å²) < 4.78 is 0. The van der Waals surface area contributed by atoms with Gasteiger partial charge in [-0.05, 0) is 25.5 Å². The van der Waals surface area contributed by atoms with E-state index in [0.29, 0.717) is 18.1 Å². The Morgan fingerprint density at radius 1 is 1.56 bits per heavy atom. The van der Waals surface area contributed by atoms with Crippen molar-refractivity contribution in [1.29, 1.82) is 0 Å². The number of hydrogen-bond donors (Lipinski definition) is 2. The largest absolute Gasteiger partial charge is 0.389 e. The molecule has 96 valence electrons. The summed E-state index contributed by atoms with van der Waals surface area (Å²) in [5.74, 6) is 0.714. The number of anilines is 1. The van der Waals surface area contributed by atoms with Crippen LogP contribution >= 0.6 is 12.2 Å². The van der Waals surface area contributed by atoms with E-state index in [2.05, 4.69) is 10.3 Å². The maximum absolute atomic E-state index is 11.5. The maximum Gasteiger partial charge on any atom is 0.239 e. The molecule has 3 N–H and O–H groups in total. The van der Waals surface area contributed by atoms with E-state index in [1.807, 2.05) is 24.8 Å². The topological polar surface area (TPSA) is 71.2 Å². The Morgan fingerprint density at radius 3 is 2.89 bits per heavy atom. The number of thiocarbonyl (C=S) groups is 1. The van der Waals surface area contributed by atoms with Crippen LogP contribution in [0.4, 0.5) is 5.82 Å². The number of hydrogen-bond acceptors (Lipinski definition) is 4. The number of amides is 1. The van der Waals surface area contributed by atoms with Crippen molar-refractivity contribution in [2.75, 3.05) is 24.5 Å². The van der Waals surface area contributed by atoms with Gasteiger partial charge in [0.05, 0.1) is 12.1 Å². The summed E-state index contributed by atoms with van der Waals surface area (Å²) in [6.07, 6.45) is 0. The monoisotopic (exact) mass is 264 g/mol. The summed E-state index contributed by atoms with van der Waals surface area (Å²) in [4.78, 5) is 18.2. The molecular formula is C12H16N4OS. The van der Waals surface area contributed by atoms with E-state index in [1.54, 1.807) is 0 Å². The smallest absolute Gasteiger partial charge is 0.239 e. The molecule has 18 heavy (non-hydrogen) atoms. The number of carbonyl (C=O) groups is 1. The fraction of sp³-hybridized carbons (Fsp3) is 0.417. The lowest BCUT2D eigenvalue weighted by Crippen LogP contribution is -2.48. The Morgan fingerprint density at radius 2 is 2.28 bits per heavy atom. The van der Waals surface area contributed by atoms with Crippen molar-refractivity contribution >= 4 is 28.9 Å². The van der Waals surface area contributed by atoms with Gasteiger partial charge in [0.25, 0.3) is 0 Å². The quantitative estimate of drug-likeness (QED) is 0.750. The lowest BCUT2D eigenvalue weighted by molar-refractivity contribution is -0.120. The zero-order valence-corrected chi connectivity index (χ0v) is 11.3. The first kappa shape index (κ1) is 12.8. The van der Waals surface area contributed by atoms with Gasteiger partial charge in [-0.2, -0.15) is 0 Å². The van der Waals surface area contributed by atoms with Crippen molar-refractivity contribution in [1.82, 2.24) is 10.3 Å². The molecule has 0 atom stereocenters. The molecule has 1 aromatic heterocycles. The molecule has 1 aliphatic heterocycles. The van der Waals surface area contributed by atoms with Crippen molar-refractivity contribution in [2.24, 2.45) is 5.73 Å². The minimum absolute atomic E-state index is 0.00361. The van der Waals surface area contributed by atoms with Crippen LogP contribution in [0.2, 0.25) is 0 Å². The number of rotatable bonds is 2. The van der Waals surface area contributed by atoms with Gasteiger partial charge in [0.15, 0.2) is 0 Å². The van der Waals surface area contributed by atoms with Crippen LogP contribution in [0.1, 0.15) is 16.8 Å². The molecule has 1 aromatic rings. The number of nitrogens with zero attached hydrogens (tertiary/aromatic N) is 2. The summed E-state index contributed by atoms with van der Waals surface area (Å²) in [7, 11) is 0. The van der Waals surface area contributed by atoms with Gasteiger partial charge in [-0.15, -0.1) is 0 Å². The zero-order valence-electron chi connectivity index (χ0n) is 10.5. The standard InChI is InChI=1S/C12H16N4OS/c1-7-5-8(2)15-12(10(7)11(13)18)16-4-3-14-9(17)6-16/h5H,3-4,6H2,1-2H3,(H2,13,18)(H,14,17). The molecule has 1 amide bonds. The van der Waals surface area contributed by atoms with Crippen molar-refractivity contribution < 1.29 is 4.79 Å². The number of nitrogens with two attached hydrogens (primary N) is 1. The van der Waals surface area contributed by atoms with E-state index in [1.165, 1.54) is 0 Å². The molecule has 6 heteroatoms. The summed E-state index contributed by atoms with van der Waals surface area (Å²) >= 11 is 5.09. The van der Waals surface area contributed by atoms with Crippen LogP contribution in [0.5, 0.6) is 0 Å². The average Bonchev–Trinajstić information content (AvgIpc) is 2.27. The van der Waals surface area contributed by atoms with E-state index in [-0.39, 0.29) is 5.91 Å². The third-order valence-corrected chi connectivity index (χ3v) is 3.11. The second-order valence-electron chi connectivity index (χ2n) is 4.41. The van der Waals surface area contributed by atoms with Gasteiger partial charge >= 0.3 is 0 Å². The summed E-state index contributed by atoms with van der Waals surface area (Å²) in [5, 5.41) is 2.79. The molecule has 2 heterocycles. The van der Waals surface area contributed by atoms with Crippen LogP contribution in [0, 0.1) is 13.8 Å². The molecule has 0 radical (unpaired) electrons. The fourth-order valence-electron chi connectivity index (χ4n) is 2.17. The molecule has 0 saturated carbocycles. The molecule has 0 bridgehead atoms. The molecule has 2 rings (SSSR count). The highest BCUT2D eigenvalue weighted by molar-refractivity contribution is 7.80. The first-order valence-corrected chi connectivity index (χ1v) is 6.19. The minimum Gasteiger partial charge on any atom is -0.389 e. The second-order valence-corrected chi connectivity index (χ2v) is 4.85. The zero-order chi connectivity index (χ0) is 13.3. The Balaban J connectivity index is 2.48. The number of aryl methyl sites for hydroxylation is 2. The lowest BCUT2D eigenvalue weighted by Gasteiger charge is -2.29. The highest BCUT2D eigenvalue weighted by atomic mass is 32.1. The predicted octanol–water partition coefficient (Wildman–Crippen LogP) is 0.269. The predicted molar refractivity (Wildman–Crippen MR) is 74.8 cm³/mol. The van der Waals surface area contributed by atoms with E-state index in [0.717, 1.165) is 29.2 Å². The van der Waals surface area contributed by atoms with Crippen molar-refractivity contribution in [2.45, 2.75) is 13.8 Å². The third kappa shape index (κ3) is 2.43. The third-order valence-electron chi connectivity index (χ3n) is 2.91. The second kappa shape index (κ2) is 4.89. The SMILES string of the molecule is Cc1cc(C)c(C(N)=S)c(N2CCNC(=O)C2)n1. The molecule has 1 fully saturated rings. The van der Waals surface area contributed by atoms with E-state index >= 15 is 0 Å². The molecule has 0 spiro atoms. The number of nitrogens with one attached hydrogen (secondary N) is 1. The van der Waals surface area contributed by atoms with Crippen LogP contribution in [0.15, 0.2) is 6.07 Å². The molecule has 0 unspecified atom stereocenters. The molecular weight excluding hydrogens is 248 g/mol. The van der Waals surface area contributed by atoms with Crippen LogP contribution in [-0.2, 0) is 4.79 Å². The van der Waals surface area contributed by atoms with Gasteiger partial charge in [0.2, 0.25) is 5.91 Å². The molecule has 5 nitrogen and oxygen atoms in total. The number of piperazine rings is 1. The Bertz CT molecular complexity index is 515. The lowest BCUT2D eigenvalue weighted by atomic mass is 10.1. The van der Waals surface area contributed by atoms with Crippen molar-refractivity contribution in [3.8, 4) is 0 Å². The highest BCUT2D eigenvalue weighted by Crippen LogP contribution is 2.23. The first-order chi connectivity index (χ1) is 8.49. The van der Waals surface area contributed by atoms with Crippen LogP contribution in [0.25, 0.3) is 0 Å². The summed E-state index contributed by atoms with van der Waals surface area (Å²) in [6, 6.07) is 1.95. The van der Waals surface area contributed by atoms with E-state index in [4.69, 9.17) is 18.0 Å². The van der Waals surface area contributed by atoms with Crippen molar-refractivity contribution in [3.05, 3.63) is 22.9 Å². The Kier molecular flexibility index (Phi) is 3.47. The van der Waals surface area contributed by atoms with Crippen LogP contribution in [-0.4, -0.2) is 35.5 Å². The summed E-state index contributed by atoms with van der Waals surface area (Å²) in [6.45, 7) is 5.51. The fourth-order valence-corrected chi connectivity index (χ4v) is 2.42. The Hall–Kier alpha value is -1.69. The normalized spacial score (nSPS) is 15.4. The van der Waals surface area contributed by atoms with Gasteiger partial charge in [-0.1, -0.05) is 12.2 Å². The van der Waals surface area contributed by atoms with Crippen LogP contribution < -0.4 is 16.0 Å². The number of aromatic nitrogens is 1. The first-order valence-electron chi connectivity index (χ1n) is 5.78. The minimum atomic E-state index is -0.00361. The van der Waals surface area contributed by atoms with Crippen molar-refractivity contribution in [3.63, 3.8) is 0 Å². The van der Waals surface area contributed by atoms with Crippen LogP contribution in [0.3, 0.4) is 0 Å².